The van der Waals surface area contributed by atoms with E-state index < -0.39 is 11.7 Å². The molecule has 0 aliphatic carbocycles. The number of benzene rings is 1. The second kappa shape index (κ2) is 11.4. The van der Waals surface area contributed by atoms with Crippen LogP contribution < -0.4 is 15.4 Å². The van der Waals surface area contributed by atoms with Gasteiger partial charge in [-0.25, -0.2) is 14.3 Å². The SMILES string of the molecule is CC(C)(C)OC(=O)NCCCn1cc(Nc2ncc3ccc(-c4ccc(OCCBr)cc4)n3n2)cn1. The van der Waals surface area contributed by atoms with Gasteiger partial charge in [-0.2, -0.15) is 5.10 Å². The van der Waals surface area contributed by atoms with E-state index in [1.54, 1.807) is 17.1 Å². The van der Waals surface area contributed by atoms with E-state index in [0.717, 1.165) is 40.0 Å². The molecule has 3 heterocycles. The number of carbonyl (C=O) groups is 1. The number of fused-ring (bicyclic) bond motifs is 1. The summed E-state index contributed by atoms with van der Waals surface area (Å²) in [5.74, 6) is 1.29. The number of nitrogens with zero attached hydrogens (tertiary/aromatic N) is 5. The second-order valence-corrected chi connectivity index (χ2v) is 9.89. The minimum absolute atomic E-state index is 0.416. The van der Waals surface area contributed by atoms with Crippen molar-refractivity contribution in [3.63, 3.8) is 0 Å². The van der Waals surface area contributed by atoms with E-state index in [1.165, 1.54) is 0 Å². The number of nitrogens with one attached hydrogen (secondary N) is 2. The van der Waals surface area contributed by atoms with Crippen molar-refractivity contribution in [3.8, 4) is 17.0 Å². The largest absolute Gasteiger partial charge is 0.493 e. The molecule has 0 radical (unpaired) electrons. The lowest BCUT2D eigenvalue weighted by Crippen LogP contribution is -2.33. The van der Waals surface area contributed by atoms with Crippen molar-refractivity contribution in [2.24, 2.45) is 0 Å². The number of alkyl carbamates (subject to hydrolysis) is 1. The highest BCUT2D eigenvalue weighted by molar-refractivity contribution is 9.09. The van der Waals surface area contributed by atoms with E-state index in [4.69, 9.17) is 9.47 Å². The molecule has 0 spiro atoms. The maximum atomic E-state index is 11.7. The first kappa shape index (κ1) is 25.5. The summed E-state index contributed by atoms with van der Waals surface area (Å²) in [5, 5.41) is 15.8. The maximum absolute atomic E-state index is 11.7. The van der Waals surface area contributed by atoms with Gasteiger partial charge in [0.25, 0.3) is 0 Å². The van der Waals surface area contributed by atoms with Crippen LogP contribution in [0.2, 0.25) is 0 Å². The number of amides is 1. The fourth-order valence-corrected chi connectivity index (χ4v) is 3.64. The van der Waals surface area contributed by atoms with Crippen LogP contribution in [0.15, 0.2) is 55.0 Å². The lowest BCUT2D eigenvalue weighted by molar-refractivity contribution is 0.0526. The second-order valence-electron chi connectivity index (χ2n) is 9.10. The molecule has 11 heteroatoms. The van der Waals surface area contributed by atoms with Gasteiger partial charge in [-0.3, -0.25) is 4.68 Å². The number of halogens is 1. The van der Waals surface area contributed by atoms with Gasteiger partial charge < -0.3 is 20.1 Å². The molecule has 0 saturated heterocycles. The van der Waals surface area contributed by atoms with Crippen LogP contribution in [0.25, 0.3) is 16.8 Å². The van der Waals surface area contributed by atoms with E-state index >= 15 is 0 Å². The van der Waals surface area contributed by atoms with Crippen molar-refractivity contribution >= 4 is 39.2 Å². The number of aryl methyl sites for hydroxylation is 1. The highest BCUT2D eigenvalue weighted by Crippen LogP contribution is 2.25. The van der Waals surface area contributed by atoms with Gasteiger partial charge in [-0.05, 0) is 63.6 Å². The number of rotatable bonds is 10. The van der Waals surface area contributed by atoms with Crippen LogP contribution in [0.1, 0.15) is 27.2 Å². The summed E-state index contributed by atoms with van der Waals surface area (Å²) in [5.41, 5.74) is 3.14. The average Bonchev–Trinajstić information content (AvgIpc) is 3.46. The molecule has 0 aliphatic rings. The molecule has 0 unspecified atom stereocenters. The van der Waals surface area contributed by atoms with Crippen LogP contribution in [0.5, 0.6) is 5.75 Å². The van der Waals surface area contributed by atoms with Gasteiger partial charge in [-0.1, -0.05) is 15.9 Å². The monoisotopic (exact) mass is 555 g/mol. The third-order valence-electron chi connectivity index (χ3n) is 5.02. The maximum Gasteiger partial charge on any atom is 0.407 e. The van der Waals surface area contributed by atoms with Crippen LogP contribution in [-0.4, -0.2) is 54.6 Å². The number of aromatic nitrogens is 5. The van der Waals surface area contributed by atoms with E-state index in [2.05, 4.69) is 41.7 Å². The molecule has 4 aromatic rings. The zero-order valence-electron chi connectivity index (χ0n) is 20.6. The standard InChI is InChI=1S/C25H30BrN7O3/c1-25(2,3)36-24(34)27-12-4-13-32-17-19(15-29-32)30-23-28-16-20-7-10-22(33(20)31-23)18-5-8-21(9-6-18)35-14-11-26/h5-10,15-17H,4,11-14H2,1-3H3,(H,27,34)(H,30,31). The normalized spacial score (nSPS) is 11.4. The average molecular weight is 556 g/mol. The Morgan fingerprint density at radius 2 is 1.92 bits per heavy atom. The third kappa shape index (κ3) is 6.97. The predicted molar refractivity (Wildman–Crippen MR) is 142 cm³/mol. The molecular formula is C25H30BrN7O3. The molecule has 4 rings (SSSR count). The Bertz CT molecular complexity index is 1300. The minimum atomic E-state index is -0.508. The van der Waals surface area contributed by atoms with Crippen LogP contribution in [-0.2, 0) is 11.3 Å². The Hall–Kier alpha value is -3.60. The van der Waals surface area contributed by atoms with Crippen molar-refractivity contribution in [1.82, 2.24) is 29.7 Å². The van der Waals surface area contributed by atoms with Crippen LogP contribution in [0.4, 0.5) is 16.4 Å². The van der Waals surface area contributed by atoms with E-state index in [1.807, 2.05) is 67.9 Å². The number of hydrogen-bond donors (Lipinski definition) is 2. The number of carbonyl (C=O) groups excluding carboxylic acids is 1. The summed E-state index contributed by atoms with van der Waals surface area (Å²) >= 11 is 3.37. The molecule has 190 valence electrons. The van der Waals surface area contributed by atoms with Gasteiger partial charge in [0.15, 0.2) is 0 Å². The topological polar surface area (TPSA) is 108 Å². The lowest BCUT2D eigenvalue weighted by atomic mass is 10.1. The van der Waals surface area contributed by atoms with Crippen LogP contribution in [0, 0.1) is 0 Å². The molecule has 2 N–H and O–H groups in total. The van der Waals surface area contributed by atoms with Crippen molar-refractivity contribution in [1.29, 1.82) is 0 Å². The molecule has 3 aromatic heterocycles. The van der Waals surface area contributed by atoms with Crippen molar-refractivity contribution in [2.45, 2.75) is 39.3 Å². The van der Waals surface area contributed by atoms with E-state index in [-0.39, 0.29) is 0 Å². The van der Waals surface area contributed by atoms with Crippen molar-refractivity contribution in [3.05, 3.63) is 55.0 Å². The van der Waals surface area contributed by atoms with Crippen LogP contribution >= 0.6 is 15.9 Å². The zero-order chi connectivity index (χ0) is 25.5. The predicted octanol–water partition coefficient (Wildman–Crippen LogP) is 5.02. The molecule has 0 atom stereocenters. The molecule has 1 amide bonds. The molecule has 0 fully saturated rings. The number of ether oxygens (including phenoxy) is 2. The molecule has 0 aliphatic heterocycles. The Balaban J connectivity index is 1.35. The lowest BCUT2D eigenvalue weighted by Gasteiger charge is -2.19. The number of hydrogen-bond acceptors (Lipinski definition) is 7. The fraction of sp³-hybridized carbons (Fsp3) is 0.360. The Morgan fingerprint density at radius 1 is 1.11 bits per heavy atom. The molecule has 10 nitrogen and oxygen atoms in total. The highest BCUT2D eigenvalue weighted by atomic mass is 79.9. The van der Waals surface area contributed by atoms with Gasteiger partial charge in [0.1, 0.15) is 11.4 Å². The molecule has 0 bridgehead atoms. The summed E-state index contributed by atoms with van der Waals surface area (Å²) in [7, 11) is 0. The van der Waals surface area contributed by atoms with Gasteiger partial charge in [0.2, 0.25) is 5.95 Å². The van der Waals surface area contributed by atoms with E-state index in [9.17, 15) is 4.79 Å². The summed E-state index contributed by atoms with van der Waals surface area (Å²) in [6.45, 7) is 7.27. The summed E-state index contributed by atoms with van der Waals surface area (Å²) in [6.07, 6.45) is 5.68. The van der Waals surface area contributed by atoms with Crippen LogP contribution in [0.3, 0.4) is 0 Å². The molecular weight excluding hydrogens is 526 g/mol. The van der Waals surface area contributed by atoms with E-state index in [0.29, 0.717) is 25.6 Å². The Labute approximate surface area is 218 Å². The van der Waals surface area contributed by atoms with Crippen molar-refractivity contribution in [2.75, 3.05) is 23.8 Å². The fourth-order valence-electron chi connectivity index (χ4n) is 3.48. The van der Waals surface area contributed by atoms with Gasteiger partial charge in [-0.15, -0.1) is 5.10 Å². The first-order valence-corrected chi connectivity index (χ1v) is 12.8. The number of alkyl halides is 1. The first-order chi connectivity index (χ1) is 17.3. The molecule has 36 heavy (non-hydrogen) atoms. The van der Waals surface area contributed by atoms with Gasteiger partial charge in [0, 0.05) is 30.2 Å². The summed E-state index contributed by atoms with van der Waals surface area (Å²) < 4.78 is 14.5. The van der Waals surface area contributed by atoms with Gasteiger partial charge in [0.05, 0.1) is 35.9 Å². The summed E-state index contributed by atoms with van der Waals surface area (Å²) in [6, 6.07) is 11.9. The third-order valence-corrected chi connectivity index (χ3v) is 5.34. The van der Waals surface area contributed by atoms with Crippen molar-refractivity contribution < 1.29 is 14.3 Å². The quantitative estimate of drug-likeness (QED) is 0.209. The Kier molecular flexibility index (Phi) is 8.09. The molecule has 0 saturated carbocycles. The van der Waals surface area contributed by atoms with Gasteiger partial charge >= 0.3 is 6.09 Å². The Morgan fingerprint density at radius 3 is 2.67 bits per heavy atom. The zero-order valence-corrected chi connectivity index (χ0v) is 22.2. The first-order valence-electron chi connectivity index (χ1n) is 11.7. The molecule has 1 aromatic carbocycles. The number of anilines is 2. The smallest absolute Gasteiger partial charge is 0.407 e. The minimum Gasteiger partial charge on any atom is -0.493 e. The highest BCUT2D eigenvalue weighted by Gasteiger charge is 2.15. The summed E-state index contributed by atoms with van der Waals surface area (Å²) in [4.78, 5) is 16.2.